The Bertz CT molecular complexity index is 906. The van der Waals surface area contributed by atoms with E-state index >= 15 is 8.78 Å². The van der Waals surface area contributed by atoms with Crippen molar-refractivity contribution in [2.75, 3.05) is 6.61 Å². The summed E-state index contributed by atoms with van der Waals surface area (Å²) in [7, 11) is 0. The second-order valence-electron chi connectivity index (χ2n) is 7.13. The molecule has 0 bridgehead atoms. The third-order valence-electron chi connectivity index (χ3n) is 4.88. The number of aromatic nitrogens is 1. The van der Waals surface area contributed by atoms with Gasteiger partial charge in [-0.15, -0.1) is 0 Å². The van der Waals surface area contributed by atoms with Gasteiger partial charge in [0.2, 0.25) is 0 Å². The Morgan fingerprint density at radius 1 is 1.15 bits per heavy atom. The number of nitrogens with one attached hydrogen (secondary N) is 1. The SMILES string of the molecule is CC1(C)OCC(=S)N[C@](C)(c2cc(-c3cncc(Cl)c3)ccc2F)C1(F)F. The van der Waals surface area contributed by atoms with Crippen molar-refractivity contribution in [2.45, 2.75) is 37.8 Å². The normalized spacial score (nSPS) is 24.2. The molecule has 1 aliphatic heterocycles. The molecule has 1 aromatic heterocycles. The van der Waals surface area contributed by atoms with Gasteiger partial charge in [0.05, 0.1) is 11.6 Å². The van der Waals surface area contributed by atoms with Crippen LogP contribution in [-0.2, 0) is 10.3 Å². The highest BCUT2D eigenvalue weighted by Gasteiger charge is 2.64. The Kier molecular flexibility index (Phi) is 4.99. The fourth-order valence-corrected chi connectivity index (χ4v) is 3.66. The summed E-state index contributed by atoms with van der Waals surface area (Å²) in [5, 5.41) is 3.01. The summed E-state index contributed by atoms with van der Waals surface area (Å²) in [5.74, 6) is -4.25. The van der Waals surface area contributed by atoms with E-state index in [1.165, 1.54) is 45.3 Å². The molecule has 8 heteroatoms. The maximum Gasteiger partial charge on any atom is 0.302 e. The maximum absolute atomic E-state index is 15.5. The van der Waals surface area contributed by atoms with Crippen LogP contribution in [0.3, 0.4) is 0 Å². The summed E-state index contributed by atoms with van der Waals surface area (Å²) in [4.78, 5) is 4.07. The summed E-state index contributed by atoms with van der Waals surface area (Å²) in [6.07, 6.45) is 2.98. The number of halogens is 4. The number of alkyl halides is 2. The van der Waals surface area contributed by atoms with Gasteiger partial charge in [-0.2, -0.15) is 0 Å². The summed E-state index contributed by atoms with van der Waals surface area (Å²) in [6, 6.07) is 5.64. The van der Waals surface area contributed by atoms with E-state index in [0.29, 0.717) is 16.1 Å². The van der Waals surface area contributed by atoms with Gasteiger partial charge in [-0.25, -0.2) is 13.2 Å². The number of hydrogen-bond acceptors (Lipinski definition) is 3. The van der Waals surface area contributed by atoms with Crippen molar-refractivity contribution in [1.29, 1.82) is 0 Å². The zero-order chi connectivity index (χ0) is 20.0. The monoisotopic (exact) mass is 414 g/mol. The van der Waals surface area contributed by atoms with E-state index in [1.807, 2.05) is 0 Å². The molecule has 2 heterocycles. The van der Waals surface area contributed by atoms with Gasteiger partial charge < -0.3 is 10.1 Å². The zero-order valence-electron chi connectivity index (χ0n) is 14.9. The van der Waals surface area contributed by atoms with Crippen LogP contribution < -0.4 is 5.32 Å². The van der Waals surface area contributed by atoms with Gasteiger partial charge in [0.25, 0.3) is 0 Å². The molecule has 1 saturated heterocycles. The van der Waals surface area contributed by atoms with Crippen LogP contribution in [0.4, 0.5) is 13.2 Å². The zero-order valence-corrected chi connectivity index (χ0v) is 16.5. The number of pyridine rings is 1. The van der Waals surface area contributed by atoms with Crippen molar-refractivity contribution in [2.24, 2.45) is 0 Å². The van der Waals surface area contributed by atoms with Crippen LogP contribution in [0.15, 0.2) is 36.7 Å². The number of nitrogens with zero attached hydrogens (tertiary/aromatic N) is 1. The number of hydrogen-bond donors (Lipinski definition) is 1. The minimum absolute atomic E-state index is 0.0805. The number of benzene rings is 1. The van der Waals surface area contributed by atoms with Crippen LogP contribution in [0.25, 0.3) is 11.1 Å². The first-order chi connectivity index (χ1) is 12.5. The van der Waals surface area contributed by atoms with Gasteiger partial charge in [-0.05, 0) is 44.5 Å². The molecule has 0 aliphatic carbocycles. The lowest BCUT2D eigenvalue weighted by molar-refractivity contribution is -0.216. The molecule has 0 spiro atoms. The summed E-state index contributed by atoms with van der Waals surface area (Å²) in [6.45, 7) is 3.59. The number of thiocarbonyl (C=S) groups is 1. The Morgan fingerprint density at radius 3 is 2.52 bits per heavy atom. The summed E-state index contributed by atoms with van der Waals surface area (Å²) < 4.78 is 51.0. The van der Waals surface area contributed by atoms with Crippen molar-refractivity contribution >= 4 is 28.8 Å². The molecule has 0 unspecified atom stereocenters. The standard InChI is InChI=1S/C19H18ClF3N2OS/c1-17(2)19(22,23)18(3,25-16(27)10-26-17)14-7-11(4-5-15(14)21)12-6-13(20)9-24-8-12/h4-9H,10H2,1-3H3,(H,25,27)/t18-/m1/s1. The van der Waals surface area contributed by atoms with Gasteiger partial charge in [0.1, 0.15) is 21.9 Å². The highest BCUT2D eigenvalue weighted by Crippen LogP contribution is 2.48. The van der Waals surface area contributed by atoms with Crippen LogP contribution >= 0.6 is 23.8 Å². The lowest BCUT2D eigenvalue weighted by atomic mass is 9.77. The predicted octanol–water partition coefficient (Wildman–Crippen LogP) is 5.12. The maximum atomic E-state index is 15.5. The second-order valence-corrected chi connectivity index (χ2v) is 8.06. The van der Waals surface area contributed by atoms with Gasteiger partial charge in [-0.1, -0.05) is 29.9 Å². The van der Waals surface area contributed by atoms with Crippen LogP contribution in [-0.4, -0.2) is 28.1 Å². The lowest BCUT2D eigenvalue weighted by Crippen LogP contribution is -2.62. The van der Waals surface area contributed by atoms with Crippen molar-refractivity contribution in [1.82, 2.24) is 10.3 Å². The summed E-state index contributed by atoms with van der Waals surface area (Å²) in [5.41, 5.74) is -3.10. The predicted molar refractivity (Wildman–Crippen MR) is 103 cm³/mol. The van der Waals surface area contributed by atoms with E-state index in [1.54, 1.807) is 6.07 Å². The fraction of sp³-hybridized carbons (Fsp3) is 0.368. The molecule has 1 N–H and O–H groups in total. The van der Waals surface area contributed by atoms with Crippen molar-refractivity contribution in [3.05, 3.63) is 53.1 Å². The molecule has 1 aliphatic rings. The Labute approximate surface area is 165 Å². The molecule has 27 heavy (non-hydrogen) atoms. The minimum atomic E-state index is -3.48. The average Bonchev–Trinajstić information content (AvgIpc) is 2.65. The second kappa shape index (κ2) is 6.72. The molecular formula is C19H18ClF3N2OS. The number of rotatable bonds is 2. The highest BCUT2D eigenvalue weighted by atomic mass is 35.5. The van der Waals surface area contributed by atoms with E-state index in [0.717, 1.165) is 6.07 Å². The molecule has 144 valence electrons. The topological polar surface area (TPSA) is 34.1 Å². The average molecular weight is 415 g/mol. The molecular weight excluding hydrogens is 397 g/mol. The molecule has 0 radical (unpaired) electrons. The van der Waals surface area contributed by atoms with Crippen LogP contribution in [0.1, 0.15) is 26.3 Å². The van der Waals surface area contributed by atoms with E-state index < -0.39 is 22.9 Å². The first kappa shape index (κ1) is 20.0. The fourth-order valence-electron chi connectivity index (χ4n) is 3.23. The molecule has 0 saturated carbocycles. The molecule has 1 atom stereocenters. The van der Waals surface area contributed by atoms with E-state index in [9.17, 15) is 4.39 Å². The van der Waals surface area contributed by atoms with Crippen LogP contribution in [0.2, 0.25) is 5.02 Å². The third kappa shape index (κ3) is 3.32. The van der Waals surface area contributed by atoms with E-state index in [4.69, 9.17) is 28.6 Å². The first-order valence-corrected chi connectivity index (χ1v) is 9.00. The van der Waals surface area contributed by atoms with Crippen LogP contribution in [0.5, 0.6) is 0 Å². The van der Waals surface area contributed by atoms with Gasteiger partial charge in [0, 0.05) is 23.5 Å². The third-order valence-corrected chi connectivity index (χ3v) is 5.31. The molecule has 3 nitrogen and oxygen atoms in total. The van der Waals surface area contributed by atoms with E-state index in [-0.39, 0.29) is 17.2 Å². The van der Waals surface area contributed by atoms with Crippen molar-refractivity contribution < 1.29 is 17.9 Å². The Morgan fingerprint density at radius 2 is 1.85 bits per heavy atom. The highest BCUT2D eigenvalue weighted by molar-refractivity contribution is 7.80. The van der Waals surface area contributed by atoms with Gasteiger partial charge in [-0.3, -0.25) is 4.98 Å². The molecule has 2 aromatic rings. The summed E-state index contributed by atoms with van der Waals surface area (Å²) >= 11 is 11.1. The lowest BCUT2D eigenvalue weighted by Gasteiger charge is -2.44. The van der Waals surface area contributed by atoms with Crippen molar-refractivity contribution in [3.63, 3.8) is 0 Å². The van der Waals surface area contributed by atoms with Gasteiger partial charge in [0.15, 0.2) is 0 Å². The Balaban J connectivity index is 2.21. The number of ether oxygens (including phenoxy) is 1. The molecule has 0 amide bonds. The van der Waals surface area contributed by atoms with Crippen LogP contribution in [0, 0.1) is 5.82 Å². The largest absolute Gasteiger partial charge is 0.363 e. The first-order valence-electron chi connectivity index (χ1n) is 8.22. The smallest absolute Gasteiger partial charge is 0.302 e. The molecule has 1 aromatic carbocycles. The molecule has 1 fully saturated rings. The molecule has 3 rings (SSSR count). The Hall–Kier alpha value is -1.70. The quantitative estimate of drug-likeness (QED) is 0.692. The van der Waals surface area contributed by atoms with Gasteiger partial charge >= 0.3 is 5.92 Å². The van der Waals surface area contributed by atoms with Crippen molar-refractivity contribution in [3.8, 4) is 11.1 Å². The minimum Gasteiger partial charge on any atom is -0.363 e. The van der Waals surface area contributed by atoms with E-state index in [2.05, 4.69) is 10.3 Å².